The summed E-state index contributed by atoms with van der Waals surface area (Å²) in [6, 6.07) is 20.0. The Kier molecular flexibility index (Phi) is 11.7. The van der Waals surface area contributed by atoms with Crippen molar-refractivity contribution in [2.45, 2.75) is 44.4 Å². The predicted octanol–water partition coefficient (Wildman–Crippen LogP) is 5.93. The fourth-order valence-electron chi connectivity index (χ4n) is 7.64. The summed E-state index contributed by atoms with van der Waals surface area (Å²) in [6.45, 7) is -5.51. The number of amides is 5. The SMILES string of the molecule is COC(=O)CN1C(=O)c2oc3ccc(F)cc3c2OC[C@]1(C)C(=O)N[C@@H](C)c1ccccc1.[2H]C([2H])([2H])N(C(=O)CN1C(=O)c2oc3ccc(F)cc3c2OC[C@]1(C)C(=O)NCc1c(F)cccc1OC)C([2H])([2H])[2H]. The molecule has 362 valence electrons. The van der Waals surface area contributed by atoms with Crippen LogP contribution in [0.15, 0.2) is 93.8 Å². The molecule has 6 aromatic rings. The number of nitrogens with zero attached hydrogens (tertiary/aromatic N) is 3. The number of hydrogen-bond donors (Lipinski definition) is 2. The lowest BCUT2D eigenvalue weighted by atomic mass is 9.97. The molecule has 2 aliphatic heterocycles. The average molecular weight is 962 g/mol. The van der Waals surface area contributed by atoms with Crippen molar-refractivity contribution in [3.05, 3.63) is 125 Å². The van der Waals surface area contributed by atoms with Crippen LogP contribution in [0.25, 0.3) is 21.9 Å². The van der Waals surface area contributed by atoms with Crippen LogP contribution in [0.2, 0.25) is 0 Å². The number of halogens is 3. The number of rotatable bonds is 11. The van der Waals surface area contributed by atoms with Gasteiger partial charge in [0.05, 0.1) is 31.0 Å². The molecule has 2 aliphatic rings. The number of esters is 1. The zero-order valence-electron chi connectivity index (χ0n) is 43.6. The van der Waals surface area contributed by atoms with Crippen LogP contribution < -0.4 is 24.8 Å². The van der Waals surface area contributed by atoms with Gasteiger partial charge in [-0.25, -0.2) is 13.2 Å². The van der Waals surface area contributed by atoms with Crippen LogP contribution in [0.3, 0.4) is 0 Å². The van der Waals surface area contributed by atoms with Gasteiger partial charge in [0.2, 0.25) is 29.2 Å². The van der Waals surface area contributed by atoms with E-state index in [9.17, 15) is 41.9 Å². The van der Waals surface area contributed by atoms with Crippen molar-refractivity contribution in [2.24, 2.45) is 0 Å². The van der Waals surface area contributed by atoms with Crippen LogP contribution in [0.1, 0.15) is 67.3 Å². The van der Waals surface area contributed by atoms with E-state index < -0.39 is 110 Å². The van der Waals surface area contributed by atoms with Gasteiger partial charge in [0.25, 0.3) is 11.8 Å². The minimum absolute atomic E-state index is 0.0250. The second kappa shape index (κ2) is 19.7. The van der Waals surface area contributed by atoms with Gasteiger partial charge >= 0.3 is 5.97 Å². The number of nitrogens with one attached hydrogen (secondary N) is 2. The third kappa shape index (κ3) is 9.59. The highest BCUT2D eigenvalue weighted by atomic mass is 19.1. The minimum atomic E-state index is -3.43. The minimum Gasteiger partial charge on any atom is -0.496 e. The molecule has 69 heavy (non-hydrogen) atoms. The Labute approximate surface area is 401 Å². The molecule has 0 saturated heterocycles. The Balaban J connectivity index is 0.000000225. The number of benzene rings is 4. The smallest absolute Gasteiger partial charge is 0.325 e. The normalized spacial score (nSPS) is 19.7. The van der Waals surface area contributed by atoms with Crippen molar-refractivity contribution in [3.63, 3.8) is 0 Å². The first kappa shape index (κ1) is 41.2. The number of carbonyl (C=O) groups excluding carboxylic acids is 6. The van der Waals surface area contributed by atoms with Crippen LogP contribution in [0.4, 0.5) is 13.2 Å². The molecule has 2 N–H and O–H groups in total. The van der Waals surface area contributed by atoms with Crippen molar-refractivity contribution < 1.29 is 77.9 Å². The van der Waals surface area contributed by atoms with Gasteiger partial charge in [-0.15, -0.1) is 0 Å². The van der Waals surface area contributed by atoms with E-state index in [1.54, 1.807) is 6.92 Å². The van der Waals surface area contributed by atoms with Gasteiger partial charge in [-0.05, 0) is 74.9 Å². The van der Waals surface area contributed by atoms with Crippen molar-refractivity contribution >= 4 is 57.4 Å². The molecule has 4 aromatic carbocycles. The highest BCUT2D eigenvalue weighted by Crippen LogP contribution is 2.40. The van der Waals surface area contributed by atoms with Gasteiger partial charge in [-0.2, -0.15) is 0 Å². The molecule has 0 radical (unpaired) electrons. The Hall–Kier alpha value is -8.03. The number of hydrogen-bond acceptors (Lipinski definition) is 12. The first-order valence-corrected chi connectivity index (χ1v) is 20.9. The third-order valence-corrected chi connectivity index (χ3v) is 11.7. The largest absolute Gasteiger partial charge is 0.496 e. The second-order valence-electron chi connectivity index (χ2n) is 16.2. The molecule has 20 heteroatoms. The fraction of sp³-hybridized carbons (Fsp3) is 0.306. The van der Waals surface area contributed by atoms with Crippen LogP contribution >= 0.6 is 0 Å². The Morgan fingerprint density at radius 3 is 1.86 bits per heavy atom. The third-order valence-electron chi connectivity index (χ3n) is 11.7. The van der Waals surface area contributed by atoms with Gasteiger partial charge in [-0.3, -0.25) is 28.8 Å². The Bertz CT molecular complexity index is 3190. The molecule has 0 unspecified atom stereocenters. The lowest BCUT2D eigenvalue weighted by molar-refractivity contribution is -0.145. The zero-order chi connectivity index (χ0) is 54.9. The van der Waals surface area contributed by atoms with E-state index in [0.29, 0.717) is 4.90 Å². The van der Waals surface area contributed by atoms with Crippen molar-refractivity contribution in [1.82, 2.24) is 25.3 Å². The quantitative estimate of drug-likeness (QED) is 0.145. The number of carbonyl (C=O) groups is 6. The van der Waals surface area contributed by atoms with Crippen LogP contribution in [-0.4, -0.2) is 116 Å². The zero-order valence-corrected chi connectivity index (χ0v) is 37.6. The lowest BCUT2D eigenvalue weighted by Gasteiger charge is -2.37. The highest BCUT2D eigenvalue weighted by Gasteiger charge is 2.50. The first-order valence-electron chi connectivity index (χ1n) is 23.9. The summed E-state index contributed by atoms with van der Waals surface area (Å²) in [7, 11) is 2.48. The highest BCUT2D eigenvalue weighted by molar-refractivity contribution is 6.07. The average Bonchev–Trinajstić information content (AvgIpc) is 3.85. The number of ether oxygens (including phenoxy) is 4. The molecule has 0 saturated carbocycles. The molecule has 0 aliphatic carbocycles. The molecular weight excluding hydrogens is 908 g/mol. The molecule has 2 aromatic heterocycles. The van der Waals surface area contributed by atoms with Gasteiger partial charge in [0, 0.05) is 34.3 Å². The van der Waals surface area contributed by atoms with Gasteiger partial charge in [-0.1, -0.05) is 36.4 Å². The van der Waals surface area contributed by atoms with E-state index in [1.165, 1.54) is 64.5 Å². The Morgan fingerprint density at radius 2 is 1.32 bits per heavy atom. The van der Waals surface area contributed by atoms with Crippen molar-refractivity contribution in [2.75, 3.05) is 54.5 Å². The van der Waals surface area contributed by atoms with E-state index >= 15 is 0 Å². The molecule has 0 spiro atoms. The molecule has 3 atom stereocenters. The predicted molar refractivity (Wildman–Crippen MR) is 241 cm³/mol. The summed E-state index contributed by atoms with van der Waals surface area (Å²) in [5.41, 5.74) is -2.60. The molecule has 4 heterocycles. The van der Waals surface area contributed by atoms with Gasteiger partial charge < -0.3 is 53.1 Å². The summed E-state index contributed by atoms with van der Waals surface area (Å²) in [5.74, 6) is -8.46. The topological polar surface area (TPSA) is 199 Å². The monoisotopic (exact) mass is 961 g/mol. The number of furan rings is 2. The van der Waals surface area contributed by atoms with Crippen LogP contribution in [-0.2, 0) is 30.5 Å². The molecule has 0 fully saturated rings. The van der Waals surface area contributed by atoms with E-state index in [0.717, 1.165) is 28.7 Å². The number of likely N-dealkylation sites (N-methyl/N-ethyl adjacent to an activating group) is 1. The molecule has 8 rings (SSSR count). The van der Waals surface area contributed by atoms with Crippen LogP contribution in [0.5, 0.6) is 17.2 Å². The second-order valence-corrected chi connectivity index (χ2v) is 16.2. The Morgan fingerprint density at radius 1 is 0.768 bits per heavy atom. The van der Waals surface area contributed by atoms with Gasteiger partial charge in [0.1, 0.15) is 60.7 Å². The summed E-state index contributed by atoms with van der Waals surface area (Å²) in [6.07, 6.45) is 0. The molecule has 5 amide bonds. The van der Waals surface area contributed by atoms with Crippen molar-refractivity contribution in [1.29, 1.82) is 0 Å². The molecule has 0 bridgehead atoms. The standard InChI is InChI=1S/C25H25F2N3O6.C24H23FN2O6/c1-25(24(33)28-11-16-17(27)6-5-7-18(16)34-4)13-35-21-15-10-14(26)8-9-19(15)36-22(21)23(32)30(25)12-20(31)29(2)3;1-14(15-7-5-4-6-8-15)26-23(30)24(2)13-32-20-17-11-16(25)9-10-18(17)33-21(20)22(29)27(24)12-19(28)31-3/h5-10H,11-13H2,1-4H3,(H,28,33);4-11,14H,12-13H2,1-3H3,(H,26,30)/t25-;14-,24+/m10/s1/i2D3,3D3;. The fourth-order valence-corrected chi connectivity index (χ4v) is 7.64. The van der Waals surface area contributed by atoms with Gasteiger partial charge in [0.15, 0.2) is 22.6 Å². The maximum Gasteiger partial charge on any atom is 0.325 e. The van der Waals surface area contributed by atoms with Crippen LogP contribution in [0, 0.1) is 17.5 Å². The summed E-state index contributed by atoms with van der Waals surface area (Å²) in [5, 5.41) is 5.65. The summed E-state index contributed by atoms with van der Waals surface area (Å²) in [4.78, 5) is 81.1. The van der Waals surface area contributed by atoms with Crippen molar-refractivity contribution in [3.8, 4) is 17.2 Å². The summed E-state index contributed by atoms with van der Waals surface area (Å²) < 4.78 is 120. The maximum absolute atomic E-state index is 14.5. The van der Waals surface area contributed by atoms with E-state index in [1.807, 2.05) is 30.3 Å². The maximum atomic E-state index is 14.5. The van der Waals surface area contributed by atoms with E-state index in [4.69, 9.17) is 36.0 Å². The lowest BCUT2D eigenvalue weighted by Crippen LogP contribution is -2.62. The summed E-state index contributed by atoms with van der Waals surface area (Å²) >= 11 is 0. The molecular formula is C49H48F3N5O12. The first-order chi connectivity index (χ1) is 35.2. The van der Waals surface area contributed by atoms with E-state index in [2.05, 4.69) is 10.6 Å². The molecule has 17 nitrogen and oxygen atoms in total. The number of methoxy groups -OCH3 is 2. The number of fused-ring (bicyclic) bond motifs is 6. The van der Waals surface area contributed by atoms with E-state index in [-0.39, 0.29) is 68.1 Å².